The Labute approximate surface area is 235 Å². The predicted octanol–water partition coefficient (Wildman–Crippen LogP) is 3.73. The number of thioether (sulfide) groups is 1. The van der Waals surface area contributed by atoms with Crippen LogP contribution in [0.3, 0.4) is 0 Å². The highest BCUT2D eigenvalue weighted by molar-refractivity contribution is 9.10. The van der Waals surface area contributed by atoms with Crippen LogP contribution in [0.5, 0.6) is 0 Å². The van der Waals surface area contributed by atoms with Crippen LogP contribution in [0.2, 0.25) is 0 Å². The number of hydrogen-bond acceptors (Lipinski definition) is 9. The van der Waals surface area contributed by atoms with Crippen molar-refractivity contribution >= 4 is 54.7 Å². The number of hydrogen-bond donors (Lipinski definition) is 4. The van der Waals surface area contributed by atoms with Crippen molar-refractivity contribution in [2.45, 2.75) is 48.7 Å². The second-order valence-electron chi connectivity index (χ2n) is 8.90. The fraction of sp³-hybridized carbons (Fsp3) is 0.400. The molecule has 0 fully saturated rings. The van der Waals surface area contributed by atoms with Crippen LogP contribution in [-0.4, -0.2) is 65.4 Å². The number of aliphatic hydroxyl groups is 1. The van der Waals surface area contributed by atoms with Crippen LogP contribution in [0.4, 0.5) is 0 Å². The second kappa shape index (κ2) is 13.0. The summed E-state index contributed by atoms with van der Waals surface area (Å²) in [5.74, 6) is 1.46. The summed E-state index contributed by atoms with van der Waals surface area (Å²) in [5, 5.41) is 18.4. The van der Waals surface area contributed by atoms with Gasteiger partial charge in [-0.1, -0.05) is 22.5 Å². The van der Waals surface area contributed by atoms with Gasteiger partial charge < -0.3 is 20.3 Å². The van der Waals surface area contributed by atoms with E-state index in [0.717, 1.165) is 71.9 Å². The van der Waals surface area contributed by atoms with Crippen LogP contribution in [-0.2, 0) is 16.6 Å². The maximum absolute atomic E-state index is 12.8. The zero-order chi connectivity index (χ0) is 27.1. The Morgan fingerprint density at radius 1 is 1.26 bits per heavy atom. The van der Waals surface area contributed by atoms with Crippen LogP contribution >= 0.6 is 27.7 Å². The third-order valence-electron chi connectivity index (χ3n) is 5.92. The van der Waals surface area contributed by atoms with Gasteiger partial charge in [0.1, 0.15) is 22.3 Å². The van der Waals surface area contributed by atoms with E-state index in [9.17, 15) is 13.5 Å². The lowest BCUT2D eigenvalue weighted by molar-refractivity contribution is 0.369. The number of nitrogens with one attached hydrogen (secondary N) is 3. The van der Waals surface area contributed by atoms with Gasteiger partial charge in [-0.2, -0.15) is 4.72 Å². The number of aromatic nitrogens is 3. The van der Waals surface area contributed by atoms with Gasteiger partial charge in [0, 0.05) is 42.6 Å². The molecule has 10 nitrogen and oxygen atoms in total. The molecule has 1 aliphatic rings. The van der Waals surface area contributed by atoms with E-state index in [2.05, 4.69) is 57.4 Å². The van der Waals surface area contributed by atoms with E-state index in [1.807, 2.05) is 19.2 Å². The monoisotopic (exact) mass is 621 g/mol. The Bertz CT molecular complexity index is 1410. The molecule has 3 heterocycles. The first kappa shape index (κ1) is 28.4. The zero-order valence-electron chi connectivity index (χ0n) is 21.2. The van der Waals surface area contributed by atoms with Crippen LogP contribution in [0.1, 0.15) is 25.1 Å². The maximum atomic E-state index is 12.8. The summed E-state index contributed by atoms with van der Waals surface area (Å²) >= 11 is 4.65. The number of aliphatic imine (C=N–C) groups is 1. The molecule has 38 heavy (non-hydrogen) atoms. The minimum Gasteiger partial charge on any atom is -0.511 e. The van der Waals surface area contributed by atoms with Gasteiger partial charge in [0.2, 0.25) is 10.0 Å². The van der Waals surface area contributed by atoms with E-state index in [4.69, 9.17) is 0 Å². The molecule has 204 valence electrons. The first-order chi connectivity index (χ1) is 18.2. The number of nitrogens with zero attached hydrogens (tertiary/aromatic N) is 4. The summed E-state index contributed by atoms with van der Waals surface area (Å²) < 4.78 is 31.1. The number of aryl methyl sites for hydroxylation is 2. The van der Waals surface area contributed by atoms with E-state index < -0.39 is 16.1 Å². The first-order valence-electron chi connectivity index (χ1n) is 12.4. The number of unbranched alkanes of at least 4 members (excludes halogenated alkanes) is 1. The van der Waals surface area contributed by atoms with E-state index in [0.29, 0.717) is 5.82 Å². The molecule has 1 aromatic carbocycles. The van der Waals surface area contributed by atoms with Crippen molar-refractivity contribution in [1.82, 2.24) is 29.9 Å². The Balaban J connectivity index is 1.38. The molecule has 0 aliphatic carbocycles. The summed E-state index contributed by atoms with van der Waals surface area (Å²) in [4.78, 5) is 13.8. The Hall–Kier alpha value is -2.61. The summed E-state index contributed by atoms with van der Waals surface area (Å²) in [5.41, 5.74) is 0.834. The number of guanidine groups is 1. The Morgan fingerprint density at radius 2 is 2.05 bits per heavy atom. The highest BCUT2D eigenvalue weighted by Gasteiger charge is 2.23. The molecular weight excluding hydrogens is 590 g/mol. The Kier molecular flexibility index (Phi) is 9.69. The molecule has 3 aromatic rings. The van der Waals surface area contributed by atoms with Crippen LogP contribution in [0.15, 0.2) is 68.3 Å². The van der Waals surface area contributed by atoms with E-state index in [1.54, 1.807) is 12.1 Å². The van der Waals surface area contributed by atoms with Crippen molar-refractivity contribution in [3.8, 4) is 0 Å². The number of benzene rings is 1. The molecule has 0 spiro atoms. The molecule has 0 saturated carbocycles. The summed E-state index contributed by atoms with van der Waals surface area (Å²) in [6.45, 7) is 8.91. The minimum atomic E-state index is -3.85. The number of rotatable bonds is 12. The van der Waals surface area contributed by atoms with Crippen LogP contribution < -0.4 is 15.4 Å². The molecule has 4 rings (SSSR count). The topological polar surface area (TPSA) is 134 Å². The number of sulfonamides is 1. The molecule has 0 amide bonds. The van der Waals surface area contributed by atoms with Crippen molar-refractivity contribution in [3.05, 3.63) is 59.2 Å². The van der Waals surface area contributed by atoms with E-state index in [1.165, 1.54) is 23.9 Å². The van der Waals surface area contributed by atoms with Crippen LogP contribution in [0.25, 0.3) is 11.0 Å². The number of fused-ring (bicyclic) bond motifs is 1. The lowest BCUT2D eigenvalue weighted by Crippen LogP contribution is -2.41. The number of halogens is 1. The molecule has 0 saturated heterocycles. The van der Waals surface area contributed by atoms with Gasteiger partial charge in [0.25, 0.3) is 0 Å². The van der Waals surface area contributed by atoms with Gasteiger partial charge >= 0.3 is 0 Å². The second-order valence-corrected chi connectivity index (χ2v) is 12.5. The smallest absolute Gasteiger partial charge is 0.241 e. The SMILES string of the molecule is C=C(O)C(CSc1nc(C)nc2c1ccn2CCCCNC1=NCCCN1)NS(=O)(=O)c1ccc(Br)cc1. The third-order valence-corrected chi connectivity index (χ3v) is 9.02. The maximum Gasteiger partial charge on any atom is 0.241 e. The predicted molar refractivity (Wildman–Crippen MR) is 155 cm³/mol. The molecule has 4 N–H and O–H groups in total. The largest absolute Gasteiger partial charge is 0.511 e. The van der Waals surface area contributed by atoms with Gasteiger partial charge in [-0.15, -0.1) is 11.8 Å². The van der Waals surface area contributed by atoms with Crippen molar-refractivity contribution in [2.24, 2.45) is 4.99 Å². The number of aliphatic hydroxyl groups excluding tert-OH is 1. The van der Waals surface area contributed by atoms with Crippen molar-refractivity contribution in [2.75, 3.05) is 25.4 Å². The molecule has 1 unspecified atom stereocenters. The summed E-state index contributed by atoms with van der Waals surface area (Å²) in [6, 6.07) is 7.37. The van der Waals surface area contributed by atoms with Gasteiger partial charge in [-0.25, -0.2) is 18.4 Å². The first-order valence-corrected chi connectivity index (χ1v) is 15.6. The molecule has 1 atom stereocenters. The van der Waals surface area contributed by atoms with E-state index >= 15 is 0 Å². The minimum absolute atomic E-state index is 0.104. The van der Waals surface area contributed by atoms with Gasteiger partial charge in [0.05, 0.1) is 16.3 Å². The summed E-state index contributed by atoms with van der Waals surface area (Å²) in [7, 11) is -3.85. The average molecular weight is 623 g/mol. The molecular formula is C25H32BrN7O3S2. The lowest BCUT2D eigenvalue weighted by atomic mass is 10.3. The Morgan fingerprint density at radius 3 is 2.76 bits per heavy atom. The standard InChI is InChI=1S/C25H32BrN7O3S2/c1-17(34)22(32-38(35,36)20-8-6-19(26)7-9-20)16-37-24-21-10-15-33(23(21)30-18(2)31-24)14-4-3-11-27-25-28-12-5-13-29-25/h6-10,15,22,32,34H,1,3-5,11-14,16H2,2H3,(H2,27,28,29). The highest BCUT2D eigenvalue weighted by Crippen LogP contribution is 2.28. The van der Waals surface area contributed by atoms with Crippen LogP contribution in [0, 0.1) is 6.92 Å². The molecule has 1 aliphatic heterocycles. The van der Waals surface area contributed by atoms with Crippen molar-refractivity contribution in [3.63, 3.8) is 0 Å². The lowest BCUT2D eigenvalue weighted by Gasteiger charge is -2.17. The van der Waals surface area contributed by atoms with Gasteiger partial charge in [-0.05, 0) is 56.5 Å². The van der Waals surface area contributed by atoms with Gasteiger partial charge in [-0.3, -0.25) is 4.99 Å². The van der Waals surface area contributed by atoms with Gasteiger partial charge in [0.15, 0.2) is 5.96 Å². The average Bonchev–Trinajstić information content (AvgIpc) is 3.29. The fourth-order valence-corrected chi connectivity index (χ4v) is 6.63. The summed E-state index contributed by atoms with van der Waals surface area (Å²) in [6.07, 6.45) is 5.04. The van der Waals surface area contributed by atoms with E-state index in [-0.39, 0.29) is 16.4 Å². The highest BCUT2D eigenvalue weighted by atomic mass is 79.9. The van der Waals surface area contributed by atoms with Crippen molar-refractivity contribution in [1.29, 1.82) is 0 Å². The van der Waals surface area contributed by atoms with Crippen molar-refractivity contribution < 1.29 is 13.5 Å². The quantitative estimate of drug-likeness (QED) is 0.104. The molecule has 13 heteroatoms. The molecule has 2 aromatic heterocycles. The third kappa shape index (κ3) is 7.49. The zero-order valence-corrected chi connectivity index (χ0v) is 24.4. The fourth-order valence-electron chi connectivity index (χ4n) is 3.93. The normalized spacial score (nSPS) is 14.6. The molecule has 0 radical (unpaired) electrons. The molecule has 0 bridgehead atoms.